The number of aromatic hydroxyl groups is 1. The number of H-pyrrole nitrogens is 1. The summed E-state index contributed by atoms with van der Waals surface area (Å²) in [5, 5.41) is 20.4. The summed E-state index contributed by atoms with van der Waals surface area (Å²) in [6.45, 7) is 0. The van der Waals surface area contributed by atoms with Crippen LogP contribution in [0.15, 0.2) is 29.1 Å². The fourth-order valence-electron chi connectivity index (χ4n) is 1.85. The molecule has 0 unspecified atom stereocenters. The van der Waals surface area contributed by atoms with Crippen LogP contribution in [0, 0.1) is 0 Å². The first-order valence-corrected chi connectivity index (χ1v) is 5.63. The fourth-order valence-corrected chi connectivity index (χ4v) is 1.85. The zero-order valence-corrected chi connectivity index (χ0v) is 10.3. The van der Waals surface area contributed by atoms with Crippen LogP contribution in [0.1, 0.15) is 11.1 Å². The number of aromatic nitrogens is 2. The molecule has 0 aliphatic heterocycles. The predicted octanol–water partition coefficient (Wildman–Crippen LogP) is 1.52. The van der Waals surface area contributed by atoms with E-state index in [2.05, 4.69) is 0 Å². The number of benzene rings is 1. The minimum Gasteiger partial charge on any atom is -0.493 e. The van der Waals surface area contributed by atoms with Gasteiger partial charge in [-0.1, -0.05) is 12.1 Å². The molecule has 2 aromatic rings. The van der Waals surface area contributed by atoms with Gasteiger partial charge in [0.05, 0.1) is 23.2 Å². The first-order chi connectivity index (χ1) is 9.71. The second-order valence-electron chi connectivity index (χ2n) is 4.16. The summed E-state index contributed by atoms with van der Waals surface area (Å²) < 4.78 is 39.2. The largest absolute Gasteiger partial charge is 0.493 e. The molecule has 3 N–H and O–H groups in total. The Hall–Kier alpha value is -2.71. The minimum atomic E-state index is -4.70. The molecule has 0 aliphatic carbocycles. The highest BCUT2D eigenvalue weighted by molar-refractivity contribution is 5.71. The lowest BCUT2D eigenvalue weighted by atomic mass is 10.1. The smallest absolute Gasteiger partial charge is 0.418 e. The SMILES string of the molecule is O=C(O)Cc1c(O)n(-c2ccccc2C(F)(F)F)[nH]c1=O. The molecule has 1 aromatic heterocycles. The molecule has 6 nitrogen and oxygen atoms in total. The summed E-state index contributed by atoms with van der Waals surface area (Å²) in [4.78, 5) is 22.1. The van der Waals surface area contributed by atoms with Gasteiger partial charge < -0.3 is 10.2 Å². The van der Waals surface area contributed by atoms with Crippen LogP contribution >= 0.6 is 0 Å². The maximum absolute atomic E-state index is 12.9. The number of aliphatic carboxylic acids is 1. The molecule has 112 valence electrons. The number of carboxylic acid groups (broad SMARTS) is 1. The molecule has 0 spiro atoms. The Bertz CT molecular complexity index is 746. The van der Waals surface area contributed by atoms with Crippen molar-refractivity contribution in [1.29, 1.82) is 0 Å². The average molecular weight is 302 g/mol. The highest BCUT2D eigenvalue weighted by Crippen LogP contribution is 2.34. The number of carboxylic acids is 1. The van der Waals surface area contributed by atoms with Crippen LogP contribution in [0.2, 0.25) is 0 Å². The van der Waals surface area contributed by atoms with Gasteiger partial charge in [-0.2, -0.15) is 13.2 Å². The maximum Gasteiger partial charge on any atom is 0.418 e. The third kappa shape index (κ3) is 2.76. The molecule has 0 amide bonds. The number of carbonyl (C=O) groups is 1. The zero-order chi connectivity index (χ0) is 15.8. The van der Waals surface area contributed by atoms with Crippen molar-refractivity contribution in [2.45, 2.75) is 12.6 Å². The number of nitrogens with zero attached hydrogens (tertiary/aromatic N) is 1. The van der Waals surface area contributed by atoms with E-state index >= 15 is 0 Å². The summed E-state index contributed by atoms with van der Waals surface area (Å²) in [6.07, 6.45) is -5.50. The van der Waals surface area contributed by atoms with Gasteiger partial charge in [-0.05, 0) is 12.1 Å². The van der Waals surface area contributed by atoms with Gasteiger partial charge in [0.15, 0.2) is 0 Å². The van der Waals surface area contributed by atoms with Crippen molar-refractivity contribution in [3.63, 3.8) is 0 Å². The second kappa shape index (κ2) is 5.00. The number of hydrogen-bond acceptors (Lipinski definition) is 3. The molecule has 0 saturated carbocycles. The molecule has 0 saturated heterocycles. The lowest BCUT2D eigenvalue weighted by molar-refractivity contribution is -0.138. The van der Waals surface area contributed by atoms with E-state index in [0.717, 1.165) is 18.2 Å². The van der Waals surface area contributed by atoms with Crippen molar-refractivity contribution in [2.24, 2.45) is 0 Å². The van der Waals surface area contributed by atoms with E-state index in [1.165, 1.54) is 6.07 Å². The molecule has 0 radical (unpaired) electrons. The van der Waals surface area contributed by atoms with E-state index in [1.54, 1.807) is 0 Å². The van der Waals surface area contributed by atoms with Crippen LogP contribution in [-0.4, -0.2) is 26.0 Å². The van der Waals surface area contributed by atoms with E-state index in [1.807, 2.05) is 5.10 Å². The molecule has 9 heteroatoms. The molecular formula is C12H9F3N2O4. The Morgan fingerprint density at radius 3 is 2.48 bits per heavy atom. The lowest BCUT2D eigenvalue weighted by Crippen LogP contribution is -2.13. The molecule has 0 aliphatic rings. The first-order valence-electron chi connectivity index (χ1n) is 5.63. The Balaban J connectivity index is 2.65. The number of para-hydroxylation sites is 1. The third-order valence-electron chi connectivity index (χ3n) is 2.75. The molecule has 2 rings (SSSR count). The van der Waals surface area contributed by atoms with Crippen molar-refractivity contribution in [3.8, 4) is 11.6 Å². The van der Waals surface area contributed by atoms with Crippen molar-refractivity contribution >= 4 is 5.97 Å². The summed E-state index contributed by atoms with van der Waals surface area (Å²) in [5.41, 5.74) is -3.06. The molecular weight excluding hydrogens is 293 g/mol. The van der Waals surface area contributed by atoms with Gasteiger partial charge in [0.2, 0.25) is 5.88 Å². The van der Waals surface area contributed by atoms with Gasteiger partial charge in [0.1, 0.15) is 0 Å². The molecule has 0 atom stereocenters. The number of hydrogen-bond donors (Lipinski definition) is 3. The Morgan fingerprint density at radius 1 is 1.29 bits per heavy atom. The van der Waals surface area contributed by atoms with Gasteiger partial charge in [-0.3, -0.25) is 14.7 Å². The molecule has 0 fully saturated rings. The topological polar surface area (TPSA) is 95.3 Å². The average Bonchev–Trinajstić information content (AvgIpc) is 2.65. The zero-order valence-electron chi connectivity index (χ0n) is 10.3. The van der Waals surface area contributed by atoms with Crippen LogP contribution in [-0.2, 0) is 17.4 Å². The van der Waals surface area contributed by atoms with Crippen LogP contribution < -0.4 is 5.56 Å². The number of halogens is 3. The van der Waals surface area contributed by atoms with Crippen LogP contribution in [0.3, 0.4) is 0 Å². The quantitative estimate of drug-likeness (QED) is 0.801. The van der Waals surface area contributed by atoms with Gasteiger partial charge in [0, 0.05) is 0 Å². The van der Waals surface area contributed by atoms with E-state index in [9.17, 15) is 27.9 Å². The summed E-state index contributed by atoms with van der Waals surface area (Å²) in [5.74, 6) is -2.25. The molecule has 1 heterocycles. The monoisotopic (exact) mass is 302 g/mol. The van der Waals surface area contributed by atoms with E-state index < -0.39 is 46.8 Å². The number of nitrogens with one attached hydrogen (secondary N) is 1. The van der Waals surface area contributed by atoms with E-state index in [4.69, 9.17) is 5.11 Å². The fraction of sp³-hybridized carbons (Fsp3) is 0.167. The molecule has 21 heavy (non-hydrogen) atoms. The third-order valence-corrected chi connectivity index (χ3v) is 2.75. The standard InChI is InChI=1S/C12H9F3N2O4/c13-12(14,15)7-3-1-2-4-8(7)17-11(21)6(5-9(18)19)10(20)16-17/h1-4,21H,5H2,(H,16,20)(H,18,19). The highest BCUT2D eigenvalue weighted by Gasteiger charge is 2.34. The number of aromatic amines is 1. The van der Waals surface area contributed by atoms with Gasteiger partial charge in [-0.25, -0.2) is 4.68 Å². The van der Waals surface area contributed by atoms with Gasteiger partial charge in [0.25, 0.3) is 5.56 Å². The van der Waals surface area contributed by atoms with Crippen LogP contribution in [0.25, 0.3) is 5.69 Å². The van der Waals surface area contributed by atoms with E-state index in [0.29, 0.717) is 4.68 Å². The number of alkyl halides is 3. The number of rotatable bonds is 3. The summed E-state index contributed by atoms with van der Waals surface area (Å²) in [7, 11) is 0. The minimum absolute atomic E-state index is 0.503. The summed E-state index contributed by atoms with van der Waals surface area (Å²) in [6, 6.07) is 4.27. The van der Waals surface area contributed by atoms with Gasteiger partial charge >= 0.3 is 12.1 Å². The first kappa shape index (κ1) is 14.7. The Kier molecular flexibility index (Phi) is 3.50. The normalized spacial score (nSPS) is 11.6. The lowest BCUT2D eigenvalue weighted by Gasteiger charge is -2.13. The Labute approximate surface area is 115 Å². The Morgan fingerprint density at radius 2 is 1.90 bits per heavy atom. The molecule has 1 aromatic carbocycles. The molecule has 0 bridgehead atoms. The maximum atomic E-state index is 12.9. The predicted molar refractivity (Wildman–Crippen MR) is 64.4 cm³/mol. The van der Waals surface area contributed by atoms with Gasteiger partial charge in [-0.15, -0.1) is 0 Å². The highest BCUT2D eigenvalue weighted by atomic mass is 19.4. The van der Waals surface area contributed by atoms with Crippen molar-refractivity contribution in [3.05, 3.63) is 45.7 Å². The van der Waals surface area contributed by atoms with Crippen LogP contribution in [0.4, 0.5) is 13.2 Å². The van der Waals surface area contributed by atoms with Crippen molar-refractivity contribution in [2.75, 3.05) is 0 Å². The summed E-state index contributed by atoms with van der Waals surface area (Å²) >= 11 is 0. The van der Waals surface area contributed by atoms with E-state index in [-0.39, 0.29) is 0 Å². The van der Waals surface area contributed by atoms with Crippen molar-refractivity contribution < 1.29 is 28.2 Å². The van der Waals surface area contributed by atoms with Crippen molar-refractivity contribution in [1.82, 2.24) is 9.78 Å². The van der Waals surface area contributed by atoms with Crippen LogP contribution in [0.5, 0.6) is 5.88 Å². The second-order valence-corrected chi connectivity index (χ2v) is 4.16.